The Balaban J connectivity index is 0.000000476. The predicted molar refractivity (Wildman–Crippen MR) is 180 cm³/mol. The number of fused-ring (bicyclic) bond motifs is 1. The third-order valence-corrected chi connectivity index (χ3v) is 9.69. The second kappa shape index (κ2) is 19.3. The number of methoxy groups -OCH3 is 2. The fraction of sp³-hybridized carbons (Fsp3) is 0.571. The van der Waals surface area contributed by atoms with E-state index in [1.807, 2.05) is 6.07 Å². The van der Waals surface area contributed by atoms with E-state index in [4.69, 9.17) is 29.3 Å². The smallest absolute Gasteiger partial charge is 0.490 e. The highest BCUT2D eigenvalue weighted by atomic mass is 19.4. The third-order valence-electron chi connectivity index (χ3n) is 9.69. The lowest BCUT2D eigenvalue weighted by molar-refractivity contribution is -0.193. The molecule has 54 heavy (non-hydrogen) atoms. The summed E-state index contributed by atoms with van der Waals surface area (Å²) in [5.41, 5.74) is 1.46. The fourth-order valence-corrected chi connectivity index (χ4v) is 7.13. The molecule has 2 aromatic rings. The maximum Gasteiger partial charge on any atom is 0.490 e. The first kappa shape index (κ1) is 44.0. The number of hydrogen-bond donors (Lipinski definition) is 4. The molecular formula is C35H44F8N4O7. The number of benzene rings is 2. The van der Waals surface area contributed by atoms with Crippen molar-refractivity contribution in [3.05, 3.63) is 53.6 Å². The number of nitrogens with one attached hydrogen (secondary N) is 2. The van der Waals surface area contributed by atoms with Gasteiger partial charge in [-0.05, 0) is 107 Å². The number of aliphatic carboxylic acids is 2. The van der Waals surface area contributed by atoms with Gasteiger partial charge >= 0.3 is 30.3 Å². The van der Waals surface area contributed by atoms with Gasteiger partial charge in [-0.2, -0.15) is 26.3 Å². The molecule has 19 heteroatoms. The number of halogens is 8. The fourth-order valence-electron chi connectivity index (χ4n) is 7.13. The molecule has 2 saturated heterocycles. The average Bonchev–Trinajstić information content (AvgIpc) is 3.48. The van der Waals surface area contributed by atoms with Crippen LogP contribution in [0.3, 0.4) is 0 Å². The Morgan fingerprint density at radius 2 is 1.43 bits per heavy atom. The summed E-state index contributed by atoms with van der Waals surface area (Å²) in [7, 11) is 3.32. The summed E-state index contributed by atoms with van der Waals surface area (Å²) in [6.07, 6.45) is -1.44. The highest BCUT2D eigenvalue weighted by Crippen LogP contribution is 2.50. The number of carbonyl (C=O) groups excluding carboxylic acids is 1. The molecule has 11 nitrogen and oxygen atoms in total. The maximum absolute atomic E-state index is 13.6. The lowest BCUT2D eigenvalue weighted by Crippen LogP contribution is -2.53. The number of carboxylic acids is 2. The molecule has 0 aromatic heterocycles. The van der Waals surface area contributed by atoms with E-state index < -0.39 is 42.0 Å². The zero-order chi connectivity index (χ0) is 40.3. The zero-order valence-corrected chi connectivity index (χ0v) is 29.7. The molecule has 2 aliphatic heterocycles. The zero-order valence-electron chi connectivity index (χ0n) is 29.7. The molecule has 3 atom stereocenters. The standard InChI is InChI=1S/C31H42F2N4O3.2C2HF3O2/c1-39-27-10-7-22(19-28(27)40-2)31-12-11-24(35-30(38)34-23-8-9-25(32)26(33)20-23)21-29(31)37(18-13-31)17-6-16-36-14-4-3-5-15-36;2*3-2(4,5)1(6)7/h7-10,19-20,24,29H,3-6,11-18,21H2,1-2H3,(H2,34,35,38);2*(H,6,7)/t24-,29+,31+;;/m1../s1. The van der Waals surface area contributed by atoms with Gasteiger partial charge in [0, 0.05) is 29.3 Å². The van der Waals surface area contributed by atoms with E-state index in [1.54, 1.807) is 14.2 Å². The number of likely N-dealkylation sites (tertiary alicyclic amines) is 2. The molecule has 2 amide bonds. The Hall–Kier alpha value is -4.39. The number of urea groups is 1. The van der Waals surface area contributed by atoms with Crippen LogP contribution in [-0.2, 0) is 15.0 Å². The van der Waals surface area contributed by atoms with Crippen LogP contribution in [0, 0.1) is 11.6 Å². The van der Waals surface area contributed by atoms with E-state index in [0.29, 0.717) is 0 Å². The number of amides is 2. The van der Waals surface area contributed by atoms with Crippen LogP contribution in [0.1, 0.15) is 56.9 Å². The lowest BCUT2D eigenvalue weighted by Gasteiger charge is -2.45. The molecule has 0 radical (unpaired) electrons. The molecule has 0 spiro atoms. The van der Waals surface area contributed by atoms with E-state index in [0.717, 1.165) is 75.4 Å². The van der Waals surface area contributed by atoms with E-state index in [-0.39, 0.29) is 23.2 Å². The number of carbonyl (C=O) groups is 3. The Labute approximate surface area is 306 Å². The molecular weight excluding hydrogens is 740 g/mol. The normalized spacial score (nSPS) is 21.7. The Bertz CT molecular complexity index is 1550. The molecule has 2 aromatic carbocycles. The summed E-state index contributed by atoms with van der Waals surface area (Å²) in [5, 5.41) is 20.0. The first-order chi connectivity index (χ1) is 25.3. The summed E-state index contributed by atoms with van der Waals surface area (Å²) in [4.78, 5) is 35.8. The van der Waals surface area contributed by atoms with E-state index in [2.05, 4.69) is 32.6 Å². The van der Waals surface area contributed by atoms with Gasteiger partial charge in [0.25, 0.3) is 0 Å². The SMILES string of the molecule is COc1ccc([C@@]23CC[C@@H](NC(=O)Nc4ccc(F)c(F)c4)C[C@@H]2N(CCCN2CCCCC2)CC3)cc1OC.O=C(O)C(F)(F)F.O=C(O)C(F)(F)F. The third kappa shape index (κ3) is 12.3. The topological polar surface area (TPSA) is 141 Å². The minimum atomic E-state index is -5.08. The Morgan fingerprint density at radius 1 is 0.815 bits per heavy atom. The van der Waals surface area contributed by atoms with Crippen LogP contribution in [0.15, 0.2) is 36.4 Å². The number of carboxylic acid groups (broad SMARTS) is 2. The molecule has 3 fully saturated rings. The summed E-state index contributed by atoms with van der Waals surface area (Å²) >= 11 is 0. The molecule has 4 N–H and O–H groups in total. The summed E-state index contributed by atoms with van der Waals surface area (Å²) in [6, 6.07) is 9.54. The quantitative estimate of drug-likeness (QED) is 0.202. The van der Waals surface area contributed by atoms with Crippen molar-refractivity contribution in [1.29, 1.82) is 0 Å². The summed E-state index contributed by atoms with van der Waals surface area (Å²) in [6.45, 7) is 5.60. The molecule has 5 rings (SSSR count). The largest absolute Gasteiger partial charge is 0.493 e. The van der Waals surface area contributed by atoms with Crippen LogP contribution in [-0.4, -0.2) is 109 Å². The predicted octanol–water partition coefficient (Wildman–Crippen LogP) is 6.81. The van der Waals surface area contributed by atoms with Crippen molar-refractivity contribution in [3.8, 4) is 11.5 Å². The first-order valence-electron chi connectivity index (χ1n) is 17.1. The van der Waals surface area contributed by atoms with Crippen molar-refractivity contribution >= 4 is 23.7 Å². The van der Waals surface area contributed by atoms with Gasteiger partial charge in [-0.1, -0.05) is 12.5 Å². The number of hydrogen-bond acceptors (Lipinski definition) is 7. The minimum absolute atomic E-state index is 0.0220. The van der Waals surface area contributed by atoms with Gasteiger partial charge in [-0.15, -0.1) is 0 Å². The van der Waals surface area contributed by atoms with E-state index >= 15 is 0 Å². The van der Waals surface area contributed by atoms with Crippen molar-refractivity contribution in [2.45, 2.75) is 81.2 Å². The van der Waals surface area contributed by atoms with Gasteiger partial charge in [-0.25, -0.2) is 23.2 Å². The van der Waals surface area contributed by atoms with Crippen LogP contribution in [0.25, 0.3) is 0 Å². The van der Waals surface area contributed by atoms with Crippen LogP contribution in [0.5, 0.6) is 11.5 Å². The number of piperidine rings is 1. The van der Waals surface area contributed by atoms with Crippen LogP contribution >= 0.6 is 0 Å². The highest BCUT2D eigenvalue weighted by Gasteiger charge is 2.51. The van der Waals surface area contributed by atoms with Gasteiger partial charge in [0.2, 0.25) is 0 Å². The van der Waals surface area contributed by atoms with Crippen molar-refractivity contribution < 1.29 is 69.2 Å². The van der Waals surface area contributed by atoms with Crippen molar-refractivity contribution in [2.75, 3.05) is 52.3 Å². The van der Waals surface area contributed by atoms with Gasteiger partial charge in [0.1, 0.15) is 0 Å². The maximum atomic E-state index is 13.6. The molecule has 1 aliphatic carbocycles. The van der Waals surface area contributed by atoms with Gasteiger partial charge < -0.3 is 35.2 Å². The second-order valence-electron chi connectivity index (χ2n) is 13.1. The molecule has 2 heterocycles. The first-order valence-corrected chi connectivity index (χ1v) is 17.1. The van der Waals surface area contributed by atoms with Crippen LogP contribution in [0.2, 0.25) is 0 Å². The number of rotatable bonds is 9. The van der Waals surface area contributed by atoms with Crippen LogP contribution in [0.4, 0.5) is 45.6 Å². The van der Waals surface area contributed by atoms with Crippen molar-refractivity contribution in [2.24, 2.45) is 0 Å². The number of anilines is 1. The number of ether oxygens (including phenoxy) is 2. The summed E-state index contributed by atoms with van der Waals surface area (Å²) < 4.78 is 102. The molecule has 1 saturated carbocycles. The van der Waals surface area contributed by atoms with E-state index in [1.165, 1.54) is 44.0 Å². The number of alkyl halides is 6. The van der Waals surface area contributed by atoms with Gasteiger partial charge in [0.15, 0.2) is 23.1 Å². The van der Waals surface area contributed by atoms with Crippen molar-refractivity contribution in [3.63, 3.8) is 0 Å². The lowest BCUT2D eigenvalue weighted by atomic mass is 9.65. The Morgan fingerprint density at radius 3 is 1.98 bits per heavy atom. The highest BCUT2D eigenvalue weighted by molar-refractivity contribution is 5.89. The second-order valence-corrected chi connectivity index (χ2v) is 13.1. The number of nitrogens with zero attached hydrogens (tertiary/aromatic N) is 2. The van der Waals surface area contributed by atoms with Crippen molar-refractivity contribution in [1.82, 2.24) is 15.1 Å². The van der Waals surface area contributed by atoms with Gasteiger partial charge in [-0.3, -0.25) is 4.90 Å². The van der Waals surface area contributed by atoms with Gasteiger partial charge in [0.05, 0.1) is 14.2 Å². The molecule has 302 valence electrons. The average molecular weight is 785 g/mol. The summed E-state index contributed by atoms with van der Waals surface area (Å²) in [5.74, 6) is -5.98. The van der Waals surface area contributed by atoms with Crippen LogP contribution < -0.4 is 20.1 Å². The minimum Gasteiger partial charge on any atom is -0.493 e. The molecule has 0 bridgehead atoms. The molecule has 3 aliphatic rings. The monoisotopic (exact) mass is 784 g/mol. The molecule has 0 unspecified atom stereocenters. The van der Waals surface area contributed by atoms with E-state index in [9.17, 15) is 39.9 Å². The Kier molecular flexibility index (Phi) is 15.7.